The van der Waals surface area contributed by atoms with Gasteiger partial charge in [-0.1, -0.05) is 12.1 Å². The number of methoxy groups -OCH3 is 1. The Morgan fingerprint density at radius 3 is 3.00 bits per heavy atom. The second kappa shape index (κ2) is 6.49. The van der Waals surface area contributed by atoms with E-state index in [1.54, 1.807) is 7.11 Å². The van der Waals surface area contributed by atoms with Crippen LogP contribution in [0.4, 0.5) is 0 Å². The highest BCUT2D eigenvalue weighted by Crippen LogP contribution is 2.08. The third kappa shape index (κ3) is 3.94. The van der Waals surface area contributed by atoms with Crippen molar-refractivity contribution in [2.75, 3.05) is 20.3 Å². The number of hydrogen-bond donors (Lipinski definition) is 1. The molecule has 0 aromatic carbocycles. The van der Waals surface area contributed by atoms with Gasteiger partial charge in [-0.2, -0.15) is 4.98 Å². The number of hydrogen-bond acceptors (Lipinski definition) is 6. The van der Waals surface area contributed by atoms with E-state index >= 15 is 0 Å². The molecule has 1 aromatic heterocycles. The van der Waals surface area contributed by atoms with Gasteiger partial charge >= 0.3 is 0 Å². The van der Waals surface area contributed by atoms with E-state index in [1.165, 1.54) is 0 Å². The van der Waals surface area contributed by atoms with Gasteiger partial charge in [0.15, 0.2) is 5.82 Å². The molecule has 0 aliphatic heterocycles. The Labute approximate surface area is 88.7 Å². The summed E-state index contributed by atoms with van der Waals surface area (Å²) < 4.78 is 15.1. The summed E-state index contributed by atoms with van der Waals surface area (Å²) in [6.07, 6.45) is 0.966. The van der Waals surface area contributed by atoms with Crippen LogP contribution in [0.1, 0.15) is 31.1 Å². The molecule has 0 bridgehead atoms. The van der Waals surface area contributed by atoms with E-state index in [2.05, 4.69) is 10.1 Å². The summed E-state index contributed by atoms with van der Waals surface area (Å²) >= 11 is 0. The van der Waals surface area contributed by atoms with Crippen molar-refractivity contribution in [2.45, 2.75) is 26.0 Å². The number of aromatic nitrogens is 2. The minimum Gasteiger partial charge on any atom is -0.383 e. The average molecular weight is 215 g/mol. The third-order valence-electron chi connectivity index (χ3n) is 1.73. The number of rotatable bonds is 7. The molecule has 6 nitrogen and oxygen atoms in total. The first kappa shape index (κ1) is 12.1. The summed E-state index contributed by atoms with van der Waals surface area (Å²) in [4.78, 5) is 4.09. The fourth-order valence-corrected chi connectivity index (χ4v) is 1.04. The van der Waals surface area contributed by atoms with Crippen LogP contribution in [-0.2, 0) is 16.1 Å². The molecule has 0 spiro atoms. The van der Waals surface area contributed by atoms with E-state index < -0.39 is 0 Å². The highest BCUT2D eigenvalue weighted by atomic mass is 16.5. The van der Waals surface area contributed by atoms with E-state index in [0.29, 0.717) is 31.5 Å². The van der Waals surface area contributed by atoms with Crippen LogP contribution in [-0.4, -0.2) is 30.5 Å². The molecular weight excluding hydrogens is 198 g/mol. The van der Waals surface area contributed by atoms with Crippen LogP contribution in [0.5, 0.6) is 0 Å². The fourth-order valence-electron chi connectivity index (χ4n) is 1.04. The number of nitrogens with two attached hydrogens (primary N) is 1. The summed E-state index contributed by atoms with van der Waals surface area (Å²) in [6.45, 7) is 3.44. The van der Waals surface area contributed by atoms with E-state index in [9.17, 15) is 0 Å². The third-order valence-corrected chi connectivity index (χ3v) is 1.73. The lowest BCUT2D eigenvalue weighted by Crippen LogP contribution is -2.16. The molecule has 0 fully saturated rings. The Kier molecular flexibility index (Phi) is 5.23. The molecule has 0 amide bonds. The summed E-state index contributed by atoms with van der Waals surface area (Å²) in [5, 5.41) is 3.74. The van der Waals surface area contributed by atoms with Gasteiger partial charge in [-0.05, 0) is 6.42 Å². The zero-order chi connectivity index (χ0) is 11.1. The summed E-state index contributed by atoms with van der Waals surface area (Å²) in [5.74, 6) is 0.900. The topological polar surface area (TPSA) is 83.4 Å². The van der Waals surface area contributed by atoms with E-state index in [-0.39, 0.29) is 6.04 Å². The van der Waals surface area contributed by atoms with Gasteiger partial charge < -0.3 is 19.7 Å². The molecule has 1 unspecified atom stereocenters. The van der Waals surface area contributed by atoms with E-state index in [1.807, 2.05) is 6.92 Å². The van der Waals surface area contributed by atoms with Crippen molar-refractivity contribution >= 4 is 0 Å². The first-order valence-corrected chi connectivity index (χ1v) is 4.92. The molecule has 0 saturated heterocycles. The molecule has 15 heavy (non-hydrogen) atoms. The zero-order valence-corrected chi connectivity index (χ0v) is 9.10. The Hall–Kier alpha value is -0.980. The van der Waals surface area contributed by atoms with Gasteiger partial charge in [0.05, 0.1) is 6.61 Å². The van der Waals surface area contributed by atoms with Crippen LogP contribution in [0.3, 0.4) is 0 Å². The molecule has 0 aliphatic rings. The van der Waals surface area contributed by atoms with Crippen LogP contribution in [0.15, 0.2) is 4.52 Å². The largest absolute Gasteiger partial charge is 0.383 e. The first-order valence-electron chi connectivity index (χ1n) is 4.92. The molecular formula is C9H17N3O3. The predicted molar refractivity (Wildman–Crippen MR) is 53.0 cm³/mol. The summed E-state index contributed by atoms with van der Waals surface area (Å²) in [5.41, 5.74) is 5.71. The maximum Gasteiger partial charge on any atom is 0.246 e. The van der Waals surface area contributed by atoms with Gasteiger partial charge in [-0.15, -0.1) is 0 Å². The van der Waals surface area contributed by atoms with Crippen molar-refractivity contribution < 1.29 is 14.0 Å². The number of ether oxygens (including phenoxy) is 2. The quantitative estimate of drug-likeness (QED) is 0.672. The van der Waals surface area contributed by atoms with Crippen molar-refractivity contribution in [1.82, 2.24) is 10.1 Å². The second-order valence-electron chi connectivity index (χ2n) is 3.16. The second-order valence-corrected chi connectivity index (χ2v) is 3.16. The Morgan fingerprint density at radius 1 is 1.53 bits per heavy atom. The molecule has 1 atom stereocenters. The van der Waals surface area contributed by atoms with Crippen LogP contribution < -0.4 is 5.73 Å². The molecule has 0 aliphatic carbocycles. The van der Waals surface area contributed by atoms with Crippen LogP contribution in [0.2, 0.25) is 0 Å². The number of nitrogens with zero attached hydrogens (tertiary/aromatic N) is 2. The SMILES string of the molecule is CCCOCc1noc(C(N)COC)n1. The predicted octanol–water partition coefficient (Wildman–Crippen LogP) is 0.642. The van der Waals surface area contributed by atoms with Crippen LogP contribution in [0.25, 0.3) is 0 Å². The smallest absolute Gasteiger partial charge is 0.246 e. The lowest BCUT2D eigenvalue weighted by Gasteiger charge is -2.02. The molecule has 0 saturated carbocycles. The molecule has 6 heteroatoms. The van der Waals surface area contributed by atoms with Gasteiger partial charge in [0, 0.05) is 13.7 Å². The minimum atomic E-state index is -0.373. The van der Waals surface area contributed by atoms with Gasteiger partial charge in [-0.25, -0.2) is 0 Å². The molecule has 0 radical (unpaired) electrons. The van der Waals surface area contributed by atoms with Crippen molar-refractivity contribution in [3.8, 4) is 0 Å². The van der Waals surface area contributed by atoms with Crippen molar-refractivity contribution in [2.24, 2.45) is 5.73 Å². The Bertz CT molecular complexity index is 277. The highest BCUT2D eigenvalue weighted by molar-refractivity contribution is 4.90. The first-order chi connectivity index (χ1) is 7.27. The van der Waals surface area contributed by atoms with E-state index in [4.69, 9.17) is 19.7 Å². The van der Waals surface area contributed by atoms with Gasteiger partial charge in [-0.3, -0.25) is 0 Å². The lowest BCUT2D eigenvalue weighted by molar-refractivity contribution is 0.114. The summed E-state index contributed by atoms with van der Waals surface area (Å²) in [6, 6.07) is -0.373. The van der Waals surface area contributed by atoms with Gasteiger partial charge in [0.1, 0.15) is 12.6 Å². The van der Waals surface area contributed by atoms with Crippen molar-refractivity contribution in [3.05, 3.63) is 11.7 Å². The Balaban J connectivity index is 2.41. The zero-order valence-electron chi connectivity index (χ0n) is 9.10. The normalized spacial score (nSPS) is 13.0. The lowest BCUT2D eigenvalue weighted by atomic mass is 10.3. The molecule has 1 heterocycles. The molecule has 86 valence electrons. The van der Waals surface area contributed by atoms with Crippen LogP contribution in [0, 0.1) is 0 Å². The van der Waals surface area contributed by atoms with Gasteiger partial charge in [0.25, 0.3) is 0 Å². The van der Waals surface area contributed by atoms with Crippen molar-refractivity contribution in [3.63, 3.8) is 0 Å². The maximum absolute atomic E-state index is 5.71. The molecule has 2 N–H and O–H groups in total. The minimum absolute atomic E-state index is 0.358. The summed E-state index contributed by atoms with van der Waals surface area (Å²) in [7, 11) is 1.57. The maximum atomic E-state index is 5.71. The molecule has 1 rings (SSSR count). The Morgan fingerprint density at radius 2 is 2.33 bits per heavy atom. The highest BCUT2D eigenvalue weighted by Gasteiger charge is 2.14. The van der Waals surface area contributed by atoms with Gasteiger partial charge in [0.2, 0.25) is 5.89 Å². The monoisotopic (exact) mass is 215 g/mol. The standard InChI is InChI=1S/C9H17N3O3/c1-3-4-14-6-8-11-9(15-12-8)7(10)5-13-2/h7H,3-6,10H2,1-2H3. The average Bonchev–Trinajstić information content (AvgIpc) is 2.67. The fraction of sp³-hybridized carbons (Fsp3) is 0.778. The van der Waals surface area contributed by atoms with Crippen molar-refractivity contribution in [1.29, 1.82) is 0 Å². The molecule has 1 aromatic rings. The van der Waals surface area contributed by atoms with Crippen LogP contribution >= 0.6 is 0 Å². The van der Waals surface area contributed by atoms with E-state index in [0.717, 1.165) is 6.42 Å².